The van der Waals surface area contributed by atoms with E-state index in [1.54, 1.807) is 69.7 Å². The number of fused-ring (bicyclic) bond motifs is 1. The third-order valence-corrected chi connectivity index (χ3v) is 6.37. The van der Waals surface area contributed by atoms with Crippen molar-refractivity contribution in [2.75, 3.05) is 24.3 Å². The Hall–Kier alpha value is -4.18. The van der Waals surface area contributed by atoms with Gasteiger partial charge in [-0.15, -0.1) is 0 Å². The first-order valence-corrected chi connectivity index (χ1v) is 11.7. The van der Waals surface area contributed by atoms with E-state index in [-0.39, 0.29) is 16.5 Å². The summed E-state index contributed by atoms with van der Waals surface area (Å²) in [5, 5.41) is 10.8. The Labute approximate surface area is 197 Å². The molecule has 0 fully saturated rings. The first kappa shape index (κ1) is 23.0. The molecule has 1 heterocycles. The lowest BCUT2D eigenvalue weighted by Gasteiger charge is -2.15. The number of aromatic nitrogens is 2. The van der Waals surface area contributed by atoms with Gasteiger partial charge in [0.05, 0.1) is 30.1 Å². The fraction of sp³-hybridized carbons (Fsp3) is 0.125. The van der Waals surface area contributed by atoms with E-state index in [1.807, 2.05) is 6.07 Å². The normalized spacial score (nSPS) is 11.1. The number of rotatable bonds is 8. The van der Waals surface area contributed by atoms with Gasteiger partial charge in [-0.3, -0.25) is 4.72 Å². The molecule has 0 radical (unpaired) electrons. The molecule has 3 aromatic carbocycles. The summed E-state index contributed by atoms with van der Waals surface area (Å²) < 4.78 is 39.4. The molecule has 0 saturated carbocycles. The van der Waals surface area contributed by atoms with Gasteiger partial charge in [0, 0.05) is 29.6 Å². The van der Waals surface area contributed by atoms with Gasteiger partial charge in [0.15, 0.2) is 11.6 Å². The van der Waals surface area contributed by atoms with Crippen LogP contribution in [0.2, 0.25) is 0 Å². The Morgan fingerprint density at radius 1 is 0.853 bits per heavy atom. The molecule has 4 aromatic rings. The van der Waals surface area contributed by atoms with Gasteiger partial charge in [0.1, 0.15) is 11.5 Å². The highest BCUT2D eigenvalue weighted by Gasteiger charge is 2.19. The van der Waals surface area contributed by atoms with Crippen LogP contribution in [0.5, 0.6) is 11.5 Å². The van der Waals surface area contributed by atoms with E-state index >= 15 is 0 Å². The van der Waals surface area contributed by atoms with E-state index in [4.69, 9.17) is 14.9 Å². The molecule has 174 valence electrons. The van der Waals surface area contributed by atoms with E-state index in [0.29, 0.717) is 39.5 Å². The molecule has 0 aliphatic rings. The molecule has 0 atom stereocenters. The Balaban J connectivity index is 1.76. The van der Waals surface area contributed by atoms with Crippen LogP contribution in [-0.2, 0) is 10.0 Å². The van der Waals surface area contributed by atoms with Crippen molar-refractivity contribution in [3.8, 4) is 11.5 Å². The molecular weight excluding hydrogens is 454 g/mol. The minimum atomic E-state index is -3.98. The van der Waals surface area contributed by atoms with Crippen molar-refractivity contribution >= 4 is 44.1 Å². The summed E-state index contributed by atoms with van der Waals surface area (Å²) in [5.74, 6) is 1.36. The predicted molar refractivity (Wildman–Crippen MR) is 132 cm³/mol. The number of hydrogen-bond acceptors (Lipinski definition) is 8. The summed E-state index contributed by atoms with van der Waals surface area (Å²) in [6.07, 6.45) is 0. The number of nitrogens with zero attached hydrogens (tertiary/aromatic N) is 2. The molecule has 4 rings (SSSR count). The summed E-state index contributed by atoms with van der Waals surface area (Å²) in [5.41, 5.74) is 2.68. The van der Waals surface area contributed by atoms with Crippen LogP contribution >= 0.6 is 0 Å². The van der Waals surface area contributed by atoms with Gasteiger partial charge in [0.25, 0.3) is 10.0 Å². The van der Waals surface area contributed by atoms with Gasteiger partial charge in [0.2, 0.25) is 0 Å². The number of anilines is 3. The van der Waals surface area contributed by atoms with Crippen LogP contribution in [0, 0.1) is 5.41 Å². The van der Waals surface area contributed by atoms with Crippen molar-refractivity contribution in [2.45, 2.75) is 11.8 Å². The Morgan fingerprint density at radius 2 is 1.41 bits per heavy atom. The van der Waals surface area contributed by atoms with Gasteiger partial charge in [-0.05, 0) is 36.8 Å². The Bertz CT molecular complexity index is 1450. The lowest BCUT2D eigenvalue weighted by molar-refractivity contribution is 0.395. The minimum absolute atomic E-state index is 0.0350. The number of sulfonamides is 1. The molecule has 0 unspecified atom stereocenters. The third-order valence-electron chi connectivity index (χ3n) is 5.01. The standard InChI is InChI=1S/C24H23N5O4S/c1-15(25)16-8-10-20(11-9-16)34(30,31)29-24-23(27-21-6-4-5-7-22(21)28-24)26-17-12-18(32-2)14-19(13-17)33-3/h4-14,25H,1-3H3,(H,26,27)(H,28,29). The number of benzene rings is 3. The van der Waals surface area contributed by atoms with E-state index < -0.39 is 10.0 Å². The number of hydrogen-bond donors (Lipinski definition) is 3. The molecule has 10 heteroatoms. The molecule has 0 spiro atoms. The summed E-state index contributed by atoms with van der Waals surface area (Å²) >= 11 is 0. The van der Waals surface area contributed by atoms with Crippen LogP contribution in [0.25, 0.3) is 11.0 Å². The zero-order valence-corrected chi connectivity index (χ0v) is 19.6. The second kappa shape index (κ2) is 9.36. The van der Waals surface area contributed by atoms with Crippen LogP contribution in [-0.4, -0.2) is 38.3 Å². The highest BCUT2D eigenvalue weighted by molar-refractivity contribution is 7.92. The quantitative estimate of drug-likeness (QED) is 0.317. The fourth-order valence-corrected chi connectivity index (χ4v) is 4.25. The maximum absolute atomic E-state index is 13.1. The van der Waals surface area contributed by atoms with Gasteiger partial charge in [-0.1, -0.05) is 24.3 Å². The van der Waals surface area contributed by atoms with Crippen LogP contribution in [0.3, 0.4) is 0 Å². The highest BCUT2D eigenvalue weighted by atomic mass is 32.2. The largest absolute Gasteiger partial charge is 0.497 e. The average Bonchev–Trinajstić information content (AvgIpc) is 2.84. The van der Waals surface area contributed by atoms with Gasteiger partial charge in [-0.2, -0.15) is 0 Å². The van der Waals surface area contributed by atoms with Crippen molar-refractivity contribution in [2.24, 2.45) is 0 Å². The molecule has 0 aliphatic carbocycles. The number of ether oxygens (including phenoxy) is 2. The molecule has 0 saturated heterocycles. The molecule has 3 N–H and O–H groups in total. The molecule has 34 heavy (non-hydrogen) atoms. The molecular formula is C24H23N5O4S. The molecule has 9 nitrogen and oxygen atoms in total. The summed E-state index contributed by atoms with van der Waals surface area (Å²) in [6.45, 7) is 1.64. The number of para-hydroxylation sites is 2. The van der Waals surface area contributed by atoms with Crippen LogP contribution in [0.4, 0.5) is 17.3 Å². The smallest absolute Gasteiger partial charge is 0.263 e. The summed E-state index contributed by atoms with van der Waals surface area (Å²) in [7, 11) is -0.895. The van der Waals surface area contributed by atoms with Crippen LogP contribution in [0.1, 0.15) is 12.5 Å². The lowest BCUT2D eigenvalue weighted by Crippen LogP contribution is -2.16. The van der Waals surface area contributed by atoms with Gasteiger partial charge in [-0.25, -0.2) is 18.4 Å². The Morgan fingerprint density at radius 3 is 1.94 bits per heavy atom. The second-order valence-electron chi connectivity index (χ2n) is 7.39. The SMILES string of the molecule is COc1cc(Nc2nc3ccccc3nc2NS(=O)(=O)c2ccc(C(C)=N)cc2)cc(OC)c1. The second-order valence-corrected chi connectivity index (χ2v) is 9.07. The zero-order chi connectivity index (χ0) is 24.3. The van der Waals surface area contributed by atoms with Crippen LogP contribution in [0.15, 0.2) is 71.6 Å². The number of nitrogens with one attached hydrogen (secondary N) is 3. The van der Waals surface area contributed by atoms with Gasteiger partial charge >= 0.3 is 0 Å². The molecule has 0 amide bonds. The van der Waals surface area contributed by atoms with E-state index in [2.05, 4.69) is 20.0 Å². The van der Waals surface area contributed by atoms with E-state index in [0.717, 1.165) is 0 Å². The first-order valence-electron chi connectivity index (χ1n) is 10.2. The van der Waals surface area contributed by atoms with E-state index in [1.165, 1.54) is 12.1 Å². The molecule has 1 aromatic heterocycles. The molecule has 0 aliphatic heterocycles. The maximum atomic E-state index is 13.1. The van der Waals surface area contributed by atoms with Crippen molar-refractivity contribution < 1.29 is 17.9 Å². The Kier molecular flexibility index (Phi) is 6.33. The number of methoxy groups -OCH3 is 2. The molecule has 0 bridgehead atoms. The highest BCUT2D eigenvalue weighted by Crippen LogP contribution is 2.31. The monoisotopic (exact) mass is 477 g/mol. The average molecular weight is 478 g/mol. The minimum Gasteiger partial charge on any atom is -0.497 e. The van der Waals surface area contributed by atoms with Crippen molar-refractivity contribution in [1.82, 2.24) is 9.97 Å². The maximum Gasteiger partial charge on any atom is 0.263 e. The van der Waals surface area contributed by atoms with Crippen molar-refractivity contribution in [3.63, 3.8) is 0 Å². The van der Waals surface area contributed by atoms with Crippen molar-refractivity contribution in [3.05, 3.63) is 72.3 Å². The summed E-state index contributed by atoms with van der Waals surface area (Å²) in [6, 6.07) is 18.4. The van der Waals surface area contributed by atoms with Gasteiger partial charge < -0.3 is 20.2 Å². The fourth-order valence-electron chi connectivity index (χ4n) is 3.24. The van der Waals surface area contributed by atoms with E-state index in [9.17, 15) is 8.42 Å². The topological polar surface area (TPSA) is 126 Å². The first-order chi connectivity index (χ1) is 16.3. The predicted octanol–water partition coefficient (Wildman–Crippen LogP) is 4.58. The van der Waals surface area contributed by atoms with Crippen LogP contribution < -0.4 is 19.5 Å². The lowest BCUT2D eigenvalue weighted by atomic mass is 10.1. The third kappa shape index (κ3) is 4.91. The summed E-state index contributed by atoms with van der Waals surface area (Å²) in [4.78, 5) is 9.13. The zero-order valence-electron chi connectivity index (χ0n) is 18.8. The van der Waals surface area contributed by atoms with Crippen molar-refractivity contribution in [1.29, 1.82) is 5.41 Å².